The molecular weight excluding hydrogens is 265 g/mol. The number of aliphatic carboxylic acids is 1. The molecule has 0 amide bonds. The van der Waals surface area contributed by atoms with Gasteiger partial charge in [-0.2, -0.15) is 0 Å². The SMILES string of the molecule is O=C(O)COC1CCN(Cc2ccc(O)c(F)c2)CC1. The molecule has 1 aliphatic rings. The van der Waals surface area contributed by atoms with Crippen molar-refractivity contribution in [3.63, 3.8) is 0 Å². The van der Waals surface area contributed by atoms with E-state index >= 15 is 0 Å². The van der Waals surface area contributed by atoms with Gasteiger partial charge in [-0.1, -0.05) is 6.07 Å². The molecule has 0 unspecified atom stereocenters. The number of carboxylic acids is 1. The highest BCUT2D eigenvalue weighted by Gasteiger charge is 2.20. The summed E-state index contributed by atoms with van der Waals surface area (Å²) in [6.45, 7) is 1.93. The number of halogens is 1. The van der Waals surface area contributed by atoms with E-state index in [1.165, 1.54) is 12.1 Å². The molecule has 110 valence electrons. The van der Waals surface area contributed by atoms with Crippen LogP contribution < -0.4 is 0 Å². The minimum absolute atomic E-state index is 0.0149. The maximum atomic E-state index is 13.2. The van der Waals surface area contributed by atoms with E-state index in [0.717, 1.165) is 31.5 Å². The summed E-state index contributed by atoms with van der Waals surface area (Å²) >= 11 is 0. The van der Waals surface area contributed by atoms with Gasteiger partial charge in [0.25, 0.3) is 0 Å². The molecule has 0 atom stereocenters. The summed E-state index contributed by atoms with van der Waals surface area (Å²) in [5.41, 5.74) is 0.810. The summed E-state index contributed by atoms with van der Waals surface area (Å²) in [6.07, 6.45) is 1.53. The van der Waals surface area contributed by atoms with Crippen LogP contribution in [0.25, 0.3) is 0 Å². The summed E-state index contributed by atoms with van der Waals surface area (Å²) in [5.74, 6) is -1.90. The molecule has 0 spiro atoms. The number of carboxylic acid groups (broad SMARTS) is 1. The van der Waals surface area contributed by atoms with Crippen LogP contribution in [0.2, 0.25) is 0 Å². The minimum Gasteiger partial charge on any atom is -0.505 e. The molecule has 2 rings (SSSR count). The van der Waals surface area contributed by atoms with Crippen LogP contribution in [0.1, 0.15) is 18.4 Å². The van der Waals surface area contributed by atoms with Gasteiger partial charge < -0.3 is 14.9 Å². The Labute approximate surface area is 116 Å². The van der Waals surface area contributed by atoms with Crippen LogP contribution in [0.3, 0.4) is 0 Å². The fourth-order valence-electron chi connectivity index (χ4n) is 2.33. The Kier molecular flexibility index (Phi) is 4.92. The Morgan fingerprint density at radius 2 is 2.10 bits per heavy atom. The number of ether oxygens (including phenoxy) is 1. The molecular formula is C14H18FNO4. The van der Waals surface area contributed by atoms with E-state index in [2.05, 4.69) is 4.90 Å². The van der Waals surface area contributed by atoms with E-state index in [9.17, 15) is 9.18 Å². The summed E-state index contributed by atoms with van der Waals surface area (Å²) < 4.78 is 18.5. The number of piperidine rings is 1. The van der Waals surface area contributed by atoms with Crippen molar-refractivity contribution in [3.8, 4) is 5.75 Å². The summed E-state index contributed by atoms with van der Waals surface area (Å²) in [7, 11) is 0. The standard InChI is InChI=1S/C14H18FNO4/c15-12-7-10(1-2-13(12)17)8-16-5-3-11(4-6-16)20-9-14(18)19/h1-2,7,11,17H,3-6,8-9H2,(H,18,19). The Balaban J connectivity index is 1.79. The third-order valence-corrected chi connectivity index (χ3v) is 3.40. The molecule has 1 fully saturated rings. The van der Waals surface area contributed by atoms with Gasteiger partial charge in [0, 0.05) is 19.6 Å². The van der Waals surface area contributed by atoms with Crippen LogP contribution in [0.4, 0.5) is 4.39 Å². The van der Waals surface area contributed by atoms with Gasteiger partial charge in [0.1, 0.15) is 6.61 Å². The monoisotopic (exact) mass is 283 g/mol. The molecule has 6 heteroatoms. The largest absolute Gasteiger partial charge is 0.505 e. The number of phenolic OH excluding ortho intramolecular Hbond substituents is 1. The average molecular weight is 283 g/mol. The number of phenols is 1. The molecule has 0 radical (unpaired) electrons. The van der Waals surface area contributed by atoms with Crippen LogP contribution in [0.5, 0.6) is 5.75 Å². The van der Waals surface area contributed by atoms with E-state index < -0.39 is 11.8 Å². The molecule has 2 N–H and O–H groups in total. The van der Waals surface area contributed by atoms with Crippen molar-refractivity contribution in [3.05, 3.63) is 29.6 Å². The lowest BCUT2D eigenvalue weighted by atomic mass is 10.1. The predicted molar refractivity (Wildman–Crippen MR) is 70.0 cm³/mol. The zero-order valence-electron chi connectivity index (χ0n) is 11.1. The fraction of sp³-hybridized carbons (Fsp3) is 0.500. The van der Waals surface area contributed by atoms with Crippen LogP contribution in [-0.4, -0.2) is 46.9 Å². The Morgan fingerprint density at radius 3 is 2.70 bits per heavy atom. The highest BCUT2D eigenvalue weighted by Crippen LogP contribution is 2.20. The Bertz CT molecular complexity index is 472. The second-order valence-corrected chi connectivity index (χ2v) is 4.97. The normalized spacial score (nSPS) is 17.2. The molecule has 5 nitrogen and oxygen atoms in total. The topological polar surface area (TPSA) is 70.0 Å². The van der Waals surface area contributed by atoms with E-state index in [0.29, 0.717) is 6.54 Å². The van der Waals surface area contributed by atoms with Crippen molar-refractivity contribution in [2.75, 3.05) is 19.7 Å². The van der Waals surface area contributed by atoms with Crippen molar-refractivity contribution in [2.24, 2.45) is 0 Å². The first-order chi connectivity index (χ1) is 9.54. The van der Waals surface area contributed by atoms with Crippen molar-refractivity contribution in [1.82, 2.24) is 4.90 Å². The zero-order chi connectivity index (χ0) is 14.5. The number of rotatable bonds is 5. The number of likely N-dealkylation sites (tertiary alicyclic amines) is 1. The highest BCUT2D eigenvalue weighted by atomic mass is 19.1. The third kappa shape index (κ3) is 4.18. The second-order valence-electron chi connectivity index (χ2n) is 4.97. The minimum atomic E-state index is -0.952. The lowest BCUT2D eigenvalue weighted by Gasteiger charge is -2.31. The van der Waals surface area contributed by atoms with E-state index in [4.69, 9.17) is 14.9 Å². The van der Waals surface area contributed by atoms with Crippen LogP contribution in [0, 0.1) is 5.82 Å². The smallest absolute Gasteiger partial charge is 0.329 e. The maximum Gasteiger partial charge on any atom is 0.329 e. The number of hydrogen-bond acceptors (Lipinski definition) is 4. The van der Waals surface area contributed by atoms with Gasteiger partial charge in [-0.25, -0.2) is 9.18 Å². The molecule has 1 saturated heterocycles. The lowest BCUT2D eigenvalue weighted by Crippen LogP contribution is -2.37. The van der Waals surface area contributed by atoms with Gasteiger partial charge in [-0.15, -0.1) is 0 Å². The van der Waals surface area contributed by atoms with E-state index in [1.807, 2.05) is 0 Å². The molecule has 0 aromatic heterocycles. The molecule has 1 aromatic rings. The molecule has 0 aliphatic carbocycles. The van der Waals surface area contributed by atoms with E-state index in [-0.39, 0.29) is 18.5 Å². The molecule has 1 aromatic carbocycles. The number of hydrogen-bond donors (Lipinski definition) is 2. The second kappa shape index (κ2) is 6.67. The van der Waals surface area contributed by atoms with Crippen molar-refractivity contribution >= 4 is 5.97 Å². The van der Waals surface area contributed by atoms with Gasteiger partial charge in [-0.05, 0) is 30.5 Å². The molecule has 20 heavy (non-hydrogen) atoms. The zero-order valence-corrected chi connectivity index (χ0v) is 11.1. The third-order valence-electron chi connectivity index (χ3n) is 3.40. The quantitative estimate of drug-likeness (QED) is 0.859. The van der Waals surface area contributed by atoms with Gasteiger partial charge in [0.05, 0.1) is 6.10 Å². The molecule has 0 bridgehead atoms. The van der Waals surface area contributed by atoms with Crippen molar-refractivity contribution in [1.29, 1.82) is 0 Å². The lowest BCUT2D eigenvalue weighted by molar-refractivity contribution is -0.145. The molecule has 1 heterocycles. The van der Waals surface area contributed by atoms with Crippen LogP contribution >= 0.6 is 0 Å². The molecule has 1 aliphatic heterocycles. The number of carbonyl (C=O) groups is 1. The Hall–Kier alpha value is -1.66. The fourth-order valence-corrected chi connectivity index (χ4v) is 2.33. The van der Waals surface area contributed by atoms with Gasteiger partial charge in [-0.3, -0.25) is 4.90 Å². The first-order valence-corrected chi connectivity index (χ1v) is 6.58. The van der Waals surface area contributed by atoms with Gasteiger partial charge >= 0.3 is 5.97 Å². The number of nitrogens with zero attached hydrogens (tertiary/aromatic N) is 1. The number of benzene rings is 1. The highest BCUT2D eigenvalue weighted by molar-refractivity contribution is 5.68. The predicted octanol–water partition coefficient (Wildman–Crippen LogP) is 1.60. The first-order valence-electron chi connectivity index (χ1n) is 6.58. The van der Waals surface area contributed by atoms with Crippen molar-refractivity contribution in [2.45, 2.75) is 25.5 Å². The first kappa shape index (κ1) is 14.7. The Morgan fingerprint density at radius 1 is 1.40 bits per heavy atom. The summed E-state index contributed by atoms with van der Waals surface area (Å²) in [6, 6.07) is 4.39. The van der Waals surface area contributed by atoms with Crippen molar-refractivity contribution < 1.29 is 24.1 Å². The van der Waals surface area contributed by atoms with Gasteiger partial charge in [0.15, 0.2) is 11.6 Å². The number of aromatic hydroxyl groups is 1. The van der Waals surface area contributed by atoms with E-state index in [1.54, 1.807) is 6.07 Å². The summed E-state index contributed by atoms with van der Waals surface area (Å²) in [5, 5.41) is 17.7. The maximum absolute atomic E-state index is 13.2. The van der Waals surface area contributed by atoms with Gasteiger partial charge in [0.2, 0.25) is 0 Å². The van der Waals surface area contributed by atoms with Crippen LogP contribution in [0.15, 0.2) is 18.2 Å². The average Bonchev–Trinajstić information content (AvgIpc) is 2.42. The summed E-state index contributed by atoms with van der Waals surface area (Å²) in [4.78, 5) is 12.6. The van der Waals surface area contributed by atoms with Crippen LogP contribution in [-0.2, 0) is 16.1 Å². The molecule has 0 saturated carbocycles.